The van der Waals surface area contributed by atoms with Gasteiger partial charge in [0.2, 0.25) is 0 Å². The first-order chi connectivity index (χ1) is 7.93. The van der Waals surface area contributed by atoms with E-state index in [4.69, 9.17) is 0 Å². The SMILES string of the molecule is c1ccc2c(c1)CC[C@@H]1CCCCC[C@@H]1C2. The summed E-state index contributed by atoms with van der Waals surface area (Å²) in [4.78, 5) is 0. The third-order valence-corrected chi connectivity index (χ3v) is 4.70. The first-order valence-electron chi connectivity index (χ1n) is 7.00. The van der Waals surface area contributed by atoms with E-state index in [9.17, 15) is 0 Å². The molecule has 1 aromatic carbocycles. The number of aryl methyl sites for hydroxylation is 1. The van der Waals surface area contributed by atoms with Gasteiger partial charge in [-0.25, -0.2) is 0 Å². The molecule has 3 rings (SSSR count). The molecule has 2 aliphatic carbocycles. The summed E-state index contributed by atoms with van der Waals surface area (Å²) in [7, 11) is 0. The highest BCUT2D eigenvalue weighted by Gasteiger charge is 2.26. The Kier molecular flexibility index (Phi) is 2.99. The molecule has 0 N–H and O–H groups in total. The van der Waals surface area contributed by atoms with Crippen LogP contribution in [0.4, 0.5) is 0 Å². The molecule has 1 fully saturated rings. The normalized spacial score (nSPS) is 29.8. The fourth-order valence-electron chi connectivity index (χ4n) is 3.73. The van der Waals surface area contributed by atoms with Crippen molar-refractivity contribution in [1.29, 1.82) is 0 Å². The molecule has 0 amide bonds. The highest BCUT2D eigenvalue weighted by Crippen LogP contribution is 2.37. The van der Waals surface area contributed by atoms with Crippen LogP contribution in [0.3, 0.4) is 0 Å². The van der Waals surface area contributed by atoms with Crippen molar-refractivity contribution in [2.45, 2.75) is 51.4 Å². The van der Waals surface area contributed by atoms with Gasteiger partial charge in [0.1, 0.15) is 0 Å². The molecule has 0 unspecified atom stereocenters. The molecule has 0 heteroatoms. The van der Waals surface area contributed by atoms with E-state index in [0.29, 0.717) is 0 Å². The van der Waals surface area contributed by atoms with Crippen molar-refractivity contribution in [2.75, 3.05) is 0 Å². The van der Waals surface area contributed by atoms with Crippen molar-refractivity contribution < 1.29 is 0 Å². The van der Waals surface area contributed by atoms with Gasteiger partial charge in [-0.2, -0.15) is 0 Å². The Balaban J connectivity index is 1.85. The van der Waals surface area contributed by atoms with Crippen LogP contribution in [-0.4, -0.2) is 0 Å². The largest absolute Gasteiger partial charge is 0.0620 e. The second-order valence-corrected chi connectivity index (χ2v) is 5.67. The Morgan fingerprint density at radius 2 is 1.50 bits per heavy atom. The summed E-state index contributed by atoms with van der Waals surface area (Å²) in [6, 6.07) is 9.14. The Hall–Kier alpha value is -0.780. The summed E-state index contributed by atoms with van der Waals surface area (Å²) in [5.41, 5.74) is 3.28. The van der Waals surface area contributed by atoms with Gasteiger partial charge in [0, 0.05) is 0 Å². The van der Waals surface area contributed by atoms with Gasteiger partial charge in [0.25, 0.3) is 0 Å². The van der Waals surface area contributed by atoms with Crippen LogP contribution in [-0.2, 0) is 12.8 Å². The van der Waals surface area contributed by atoms with Crippen molar-refractivity contribution in [3.8, 4) is 0 Å². The summed E-state index contributed by atoms with van der Waals surface area (Å²) in [6.07, 6.45) is 11.6. The predicted molar refractivity (Wildman–Crippen MR) is 68.5 cm³/mol. The fourth-order valence-corrected chi connectivity index (χ4v) is 3.73. The number of fused-ring (bicyclic) bond motifs is 2. The molecule has 16 heavy (non-hydrogen) atoms. The summed E-state index contributed by atoms with van der Waals surface area (Å²) in [5, 5.41) is 0. The van der Waals surface area contributed by atoms with Crippen LogP contribution in [0.15, 0.2) is 24.3 Å². The Morgan fingerprint density at radius 3 is 2.38 bits per heavy atom. The Bertz CT molecular complexity index is 353. The van der Waals surface area contributed by atoms with Crippen molar-refractivity contribution in [2.24, 2.45) is 11.8 Å². The molecule has 0 aromatic heterocycles. The number of hydrogen-bond acceptors (Lipinski definition) is 0. The van der Waals surface area contributed by atoms with E-state index in [1.807, 2.05) is 0 Å². The maximum absolute atomic E-state index is 2.36. The lowest BCUT2D eigenvalue weighted by Crippen LogP contribution is -2.14. The zero-order valence-electron chi connectivity index (χ0n) is 10.1. The lowest BCUT2D eigenvalue weighted by molar-refractivity contribution is 0.302. The average molecular weight is 214 g/mol. The lowest BCUT2D eigenvalue weighted by Gasteiger charge is -2.22. The van der Waals surface area contributed by atoms with Crippen molar-refractivity contribution in [3.05, 3.63) is 35.4 Å². The maximum Gasteiger partial charge on any atom is -0.0245 e. The molecule has 1 aromatic rings. The second-order valence-electron chi connectivity index (χ2n) is 5.67. The van der Waals surface area contributed by atoms with E-state index in [2.05, 4.69) is 24.3 Å². The molecule has 0 nitrogen and oxygen atoms in total. The molecule has 0 radical (unpaired) electrons. The average Bonchev–Trinajstić information content (AvgIpc) is 2.61. The fraction of sp³-hybridized carbons (Fsp3) is 0.625. The van der Waals surface area contributed by atoms with E-state index in [1.54, 1.807) is 11.1 Å². The van der Waals surface area contributed by atoms with E-state index in [-0.39, 0.29) is 0 Å². The van der Waals surface area contributed by atoms with Gasteiger partial charge in [-0.15, -0.1) is 0 Å². The van der Waals surface area contributed by atoms with E-state index < -0.39 is 0 Å². The van der Waals surface area contributed by atoms with Gasteiger partial charge in [-0.05, 0) is 48.6 Å². The van der Waals surface area contributed by atoms with Gasteiger partial charge >= 0.3 is 0 Å². The van der Waals surface area contributed by atoms with Crippen LogP contribution in [0.1, 0.15) is 49.7 Å². The van der Waals surface area contributed by atoms with Crippen molar-refractivity contribution in [1.82, 2.24) is 0 Å². The molecule has 1 saturated carbocycles. The molecule has 0 saturated heterocycles. The number of hydrogen-bond donors (Lipinski definition) is 0. The van der Waals surface area contributed by atoms with Gasteiger partial charge < -0.3 is 0 Å². The molecule has 0 aliphatic heterocycles. The van der Waals surface area contributed by atoms with Crippen LogP contribution >= 0.6 is 0 Å². The minimum atomic E-state index is 0.992. The van der Waals surface area contributed by atoms with Crippen molar-refractivity contribution in [3.63, 3.8) is 0 Å². The van der Waals surface area contributed by atoms with Crippen LogP contribution < -0.4 is 0 Å². The summed E-state index contributed by atoms with van der Waals surface area (Å²) >= 11 is 0. The number of rotatable bonds is 0. The zero-order valence-corrected chi connectivity index (χ0v) is 10.1. The quantitative estimate of drug-likeness (QED) is 0.601. The minimum absolute atomic E-state index is 0.992. The van der Waals surface area contributed by atoms with Crippen LogP contribution in [0, 0.1) is 11.8 Å². The third-order valence-electron chi connectivity index (χ3n) is 4.70. The molecule has 0 bridgehead atoms. The molecular formula is C16H22. The Morgan fingerprint density at radius 1 is 0.750 bits per heavy atom. The Labute approximate surface area is 99.1 Å². The summed E-state index contributed by atoms with van der Waals surface area (Å²) in [6.45, 7) is 0. The smallest absolute Gasteiger partial charge is 0.0245 e. The highest BCUT2D eigenvalue weighted by molar-refractivity contribution is 5.28. The van der Waals surface area contributed by atoms with Gasteiger partial charge in [-0.3, -0.25) is 0 Å². The first-order valence-corrected chi connectivity index (χ1v) is 7.00. The molecule has 0 heterocycles. The third kappa shape index (κ3) is 2.03. The van der Waals surface area contributed by atoms with Gasteiger partial charge in [-0.1, -0.05) is 49.9 Å². The van der Waals surface area contributed by atoms with E-state index in [0.717, 1.165) is 11.8 Å². The molecule has 2 aliphatic rings. The summed E-state index contributed by atoms with van der Waals surface area (Å²) < 4.78 is 0. The van der Waals surface area contributed by atoms with E-state index >= 15 is 0 Å². The second kappa shape index (κ2) is 4.61. The summed E-state index contributed by atoms with van der Waals surface area (Å²) in [5.74, 6) is 2.01. The minimum Gasteiger partial charge on any atom is -0.0620 e. The van der Waals surface area contributed by atoms with E-state index in [1.165, 1.54) is 51.4 Å². The topological polar surface area (TPSA) is 0 Å². The van der Waals surface area contributed by atoms with Crippen LogP contribution in [0.5, 0.6) is 0 Å². The predicted octanol–water partition coefficient (Wildman–Crippen LogP) is 4.37. The molecule has 0 spiro atoms. The zero-order chi connectivity index (χ0) is 10.8. The molecular weight excluding hydrogens is 192 g/mol. The highest BCUT2D eigenvalue weighted by atomic mass is 14.3. The van der Waals surface area contributed by atoms with Crippen molar-refractivity contribution >= 4 is 0 Å². The van der Waals surface area contributed by atoms with Gasteiger partial charge in [0.05, 0.1) is 0 Å². The lowest BCUT2D eigenvalue weighted by atomic mass is 9.83. The standard InChI is InChI=1S/C16H22/c1-2-6-13-10-11-14-7-4-5-9-16(14)12-15(13)8-3-1/h4-5,7,9,13,15H,1-3,6,8,10-12H2/t13-,15+/m0/s1. The monoisotopic (exact) mass is 214 g/mol. The number of benzene rings is 1. The molecule has 86 valence electrons. The maximum atomic E-state index is 2.36. The molecule has 2 atom stereocenters. The van der Waals surface area contributed by atoms with Gasteiger partial charge in [0.15, 0.2) is 0 Å². The first kappa shape index (κ1) is 10.4. The van der Waals surface area contributed by atoms with Crippen LogP contribution in [0.25, 0.3) is 0 Å². The van der Waals surface area contributed by atoms with Crippen LogP contribution in [0.2, 0.25) is 0 Å².